The summed E-state index contributed by atoms with van der Waals surface area (Å²) >= 11 is 0. The normalized spacial score (nSPS) is 11.3. The maximum atomic E-state index is 13.1. The molecule has 0 aliphatic heterocycles. The summed E-state index contributed by atoms with van der Waals surface area (Å²) in [6.45, 7) is 3.85. The maximum Gasteiger partial charge on any atom is 0.416 e. The van der Waals surface area contributed by atoms with Crippen molar-refractivity contribution in [2.75, 3.05) is 13.7 Å². The van der Waals surface area contributed by atoms with Gasteiger partial charge in [0, 0.05) is 17.8 Å². The quantitative estimate of drug-likeness (QED) is 0.538. The van der Waals surface area contributed by atoms with E-state index in [0.717, 1.165) is 17.7 Å². The number of alkyl halides is 3. The molecule has 0 saturated heterocycles. The van der Waals surface area contributed by atoms with E-state index < -0.39 is 17.7 Å². The first kappa shape index (κ1) is 24.0. The molecule has 1 N–H and O–H groups in total. The molecule has 1 amide bonds. The molecule has 0 aliphatic carbocycles. The number of nitrogens with zero attached hydrogens (tertiary/aromatic N) is 2. The summed E-state index contributed by atoms with van der Waals surface area (Å²) in [4.78, 5) is 23.9. The summed E-state index contributed by atoms with van der Waals surface area (Å²) in [5.74, 6) is -0.623. The third kappa shape index (κ3) is 5.79. The predicted molar refractivity (Wildman–Crippen MR) is 116 cm³/mol. The number of benzene rings is 2. The van der Waals surface area contributed by atoms with Crippen LogP contribution in [-0.2, 0) is 28.5 Å². The number of rotatable bonds is 7. The summed E-state index contributed by atoms with van der Waals surface area (Å²) in [6, 6.07) is 11.8. The van der Waals surface area contributed by atoms with Crippen LogP contribution in [0, 0.1) is 13.8 Å². The zero-order valence-corrected chi connectivity index (χ0v) is 18.5. The summed E-state index contributed by atoms with van der Waals surface area (Å²) < 4.78 is 45.2. The Morgan fingerprint density at radius 3 is 2.42 bits per heavy atom. The van der Waals surface area contributed by atoms with Crippen molar-refractivity contribution in [3.8, 4) is 5.69 Å². The smallest absolute Gasteiger partial charge is 0.416 e. The van der Waals surface area contributed by atoms with Crippen LogP contribution in [0.4, 0.5) is 13.2 Å². The van der Waals surface area contributed by atoms with Crippen LogP contribution in [0.3, 0.4) is 0 Å². The minimum atomic E-state index is -4.45. The van der Waals surface area contributed by atoms with Crippen LogP contribution in [0.1, 0.15) is 38.4 Å². The first-order chi connectivity index (χ1) is 15.6. The average Bonchev–Trinajstić information content (AvgIpc) is 3.07. The molecule has 3 aromatic rings. The van der Waals surface area contributed by atoms with E-state index >= 15 is 0 Å². The molecular formula is C24H24F3N3O3. The van der Waals surface area contributed by atoms with E-state index in [1.54, 1.807) is 44.2 Å². The molecule has 0 saturated carbocycles. The van der Waals surface area contributed by atoms with E-state index in [2.05, 4.69) is 15.2 Å². The third-order valence-corrected chi connectivity index (χ3v) is 5.31. The Morgan fingerprint density at radius 2 is 1.79 bits per heavy atom. The zero-order valence-electron chi connectivity index (χ0n) is 18.5. The number of halogens is 3. The molecule has 0 fully saturated rings. The van der Waals surface area contributed by atoms with Crippen LogP contribution in [0.25, 0.3) is 5.69 Å². The van der Waals surface area contributed by atoms with E-state index in [0.29, 0.717) is 35.5 Å². The Morgan fingerprint density at radius 1 is 1.09 bits per heavy atom. The van der Waals surface area contributed by atoms with E-state index in [-0.39, 0.29) is 18.0 Å². The van der Waals surface area contributed by atoms with Crippen molar-refractivity contribution in [1.29, 1.82) is 0 Å². The van der Waals surface area contributed by atoms with Crippen molar-refractivity contribution < 1.29 is 27.5 Å². The number of hydrogen-bond acceptors (Lipinski definition) is 4. The van der Waals surface area contributed by atoms with Crippen molar-refractivity contribution in [2.24, 2.45) is 0 Å². The zero-order chi connectivity index (χ0) is 24.2. The van der Waals surface area contributed by atoms with Crippen molar-refractivity contribution >= 4 is 11.9 Å². The molecule has 0 spiro atoms. The highest BCUT2D eigenvalue weighted by Gasteiger charge is 2.30. The Labute approximate surface area is 189 Å². The fraction of sp³-hybridized carbons (Fsp3) is 0.292. The van der Waals surface area contributed by atoms with Gasteiger partial charge >= 0.3 is 12.1 Å². The van der Waals surface area contributed by atoms with Crippen LogP contribution in [0.5, 0.6) is 0 Å². The number of esters is 1. The van der Waals surface area contributed by atoms with Gasteiger partial charge in [-0.2, -0.15) is 18.3 Å². The monoisotopic (exact) mass is 459 g/mol. The van der Waals surface area contributed by atoms with Gasteiger partial charge in [-0.1, -0.05) is 18.2 Å². The molecule has 0 atom stereocenters. The number of aromatic nitrogens is 2. The van der Waals surface area contributed by atoms with Crippen molar-refractivity contribution in [2.45, 2.75) is 32.9 Å². The van der Waals surface area contributed by atoms with Gasteiger partial charge in [0.2, 0.25) is 5.91 Å². The van der Waals surface area contributed by atoms with Gasteiger partial charge in [-0.15, -0.1) is 0 Å². The van der Waals surface area contributed by atoms with Gasteiger partial charge in [0.15, 0.2) is 0 Å². The largest absolute Gasteiger partial charge is 0.465 e. The number of aryl methyl sites for hydroxylation is 1. The lowest BCUT2D eigenvalue weighted by Gasteiger charge is -2.10. The number of nitrogens with one attached hydrogen (secondary N) is 1. The molecule has 0 aliphatic rings. The molecule has 174 valence electrons. The van der Waals surface area contributed by atoms with Gasteiger partial charge in [0.25, 0.3) is 0 Å². The number of hydrogen-bond donors (Lipinski definition) is 1. The topological polar surface area (TPSA) is 73.2 Å². The van der Waals surface area contributed by atoms with Crippen LogP contribution in [0.2, 0.25) is 0 Å². The Bertz CT molecular complexity index is 1150. The standard InChI is InChI=1S/C24H24F3N3O3/c1-15-21(16(2)30(29-15)20-6-4-5-19(13-20)24(25,26)27)14-22(31)28-12-11-17-7-9-18(10-8-17)23(32)33-3/h4-10,13H,11-12,14H2,1-3H3,(H,28,31). The molecule has 0 unspecified atom stereocenters. The molecule has 33 heavy (non-hydrogen) atoms. The summed E-state index contributed by atoms with van der Waals surface area (Å²) in [7, 11) is 1.32. The lowest BCUT2D eigenvalue weighted by molar-refractivity contribution is -0.137. The third-order valence-electron chi connectivity index (χ3n) is 5.31. The minimum absolute atomic E-state index is 0.0674. The molecule has 1 aromatic heterocycles. The van der Waals surface area contributed by atoms with Gasteiger partial charge in [0.1, 0.15) is 0 Å². The lowest BCUT2D eigenvalue weighted by Crippen LogP contribution is -2.27. The van der Waals surface area contributed by atoms with Crippen LogP contribution >= 0.6 is 0 Å². The number of amides is 1. The van der Waals surface area contributed by atoms with Gasteiger partial charge in [0.05, 0.1) is 36.0 Å². The molecule has 2 aromatic carbocycles. The Balaban J connectivity index is 1.63. The molecule has 0 bridgehead atoms. The molecule has 3 rings (SSSR count). The Kier molecular flexibility index (Phi) is 7.20. The first-order valence-corrected chi connectivity index (χ1v) is 10.3. The van der Waals surface area contributed by atoms with Crippen molar-refractivity contribution in [3.05, 3.63) is 82.2 Å². The van der Waals surface area contributed by atoms with Crippen molar-refractivity contribution in [3.63, 3.8) is 0 Å². The van der Waals surface area contributed by atoms with Gasteiger partial charge < -0.3 is 10.1 Å². The lowest BCUT2D eigenvalue weighted by atomic mass is 10.1. The van der Waals surface area contributed by atoms with Gasteiger partial charge in [-0.3, -0.25) is 4.79 Å². The predicted octanol–water partition coefficient (Wildman–Crippen LogP) is 4.20. The summed E-state index contributed by atoms with van der Waals surface area (Å²) in [5.41, 5.74) is 2.80. The van der Waals surface area contributed by atoms with Gasteiger partial charge in [-0.05, 0) is 56.2 Å². The second kappa shape index (κ2) is 9.89. The van der Waals surface area contributed by atoms with Crippen LogP contribution in [0.15, 0.2) is 48.5 Å². The van der Waals surface area contributed by atoms with Crippen LogP contribution < -0.4 is 5.32 Å². The highest BCUT2D eigenvalue weighted by molar-refractivity contribution is 5.89. The second-order valence-corrected chi connectivity index (χ2v) is 7.57. The summed E-state index contributed by atoms with van der Waals surface area (Å²) in [5, 5.41) is 7.19. The molecule has 0 radical (unpaired) electrons. The fourth-order valence-electron chi connectivity index (χ4n) is 3.49. The molecule has 1 heterocycles. The fourth-order valence-corrected chi connectivity index (χ4v) is 3.49. The van der Waals surface area contributed by atoms with Crippen LogP contribution in [-0.4, -0.2) is 35.3 Å². The Hall–Kier alpha value is -3.62. The van der Waals surface area contributed by atoms with E-state index in [9.17, 15) is 22.8 Å². The van der Waals surface area contributed by atoms with E-state index in [1.165, 1.54) is 17.9 Å². The van der Waals surface area contributed by atoms with Crippen molar-refractivity contribution in [1.82, 2.24) is 15.1 Å². The van der Waals surface area contributed by atoms with E-state index in [1.807, 2.05) is 0 Å². The highest BCUT2D eigenvalue weighted by atomic mass is 19.4. The number of methoxy groups -OCH3 is 1. The molecule has 9 heteroatoms. The minimum Gasteiger partial charge on any atom is -0.465 e. The SMILES string of the molecule is COC(=O)c1ccc(CCNC(=O)Cc2c(C)nn(-c3cccc(C(F)(F)F)c3)c2C)cc1. The summed E-state index contributed by atoms with van der Waals surface area (Å²) in [6.07, 6.45) is -3.80. The first-order valence-electron chi connectivity index (χ1n) is 10.3. The number of carbonyl (C=O) groups is 2. The second-order valence-electron chi connectivity index (χ2n) is 7.57. The number of carbonyl (C=O) groups excluding carboxylic acids is 2. The average molecular weight is 459 g/mol. The highest BCUT2D eigenvalue weighted by Crippen LogP contribution is 2.30. The van der Waals surface area contributed by atoms with Gasteiger partial charge in [-0.25, -0.2) is 9.48 Å². The molecular weight excluding hydrogens is 435 g/mol. The number of ether oxygens (including phenoxy) is 1. The maximum absolute atomic E-state index is 13.1. The molecule has 6 nitrogen and oxygen atoms in total. The van der Waals surface area contributed by atoms with E-state index in [4.69, 9.17) is 0 Å².